The number of hydrogen-bond acceptors (Lipinski definition) is 3. The molecular weight excluding hydrogens is 302 g/mol. The van der Waals surface area contributed by atoms with Crippen LogP contribution in [0.1, 0.15) is 20.3 Å². The minimum atomic E-state index is 0.228. The van der Waals surface area contributed by atoms with Crippen molar-refractivity contribution >= 4 is 35.3 Å². The topological polar surface area (TPSA) is 52.7 Å². The second-order valence-electron chi connectivity index (χ2n) is 5.89. The van der Waals surface area contributed by atoms with Gasteiger partial charge in [-0.2, -0.15) is 0 Å². The third-order valence-corrected chi connectivity index (χ3v) is 4.03. The number of carbonyl (C=O) groups is 2. The summed E-state index contributed by atoms with van der Waals surface area (Å²) in [5.41, 5.74) is 1.61. The normalized spacial score (nSPS) is 15.1. The fourth-order valence-electron chi connectivity index (χ4n) is 2.60. The van der Waals surface area contributed by atoms with E-state index in [9.17, 15) is 9.59 Å². The molecule has 1 heterocycles. The van der Waals surface area contributed by atoms with Crippen molar-refractivity contribution in [2.45, 2.75) is 20.3 Å². The van der Waals surface area contributed by atoms with Gasteiger partial charge in [0.1, 0.15) is 0 Å². The summed E-state index contributed by atoms with van der Waals surface area (Å²) in [6.07, 6.45) is 1.23. The Morgan fingerprint density at radius 3 is 2.55 bits per heavy atom. The van der Waals surface area contributed by atoms with E-state index in [1.807, 2.05) is 17.0 Å². The Hall–Kier alpha value is -1.75. The third kappa shape index (κ3) is 4.13. The first-order chi connectivity index (χ1) is 10.5. The van der Waals surface area contributed by atoms with Gasteiger partial charge in [-0.15, -0.1) is 0 Å². The minimum Gasteiger partial charge on any atom is -0.367 e. The Morgan fingerprint density at radius 1 is 1.32 bits per heavy atom. The number of nitrogens with zero attached hydrogens (tertiary/aromatic N) is 2. The minimum absolute atomic E-state index is 0.228. The zero-order valence-electron chi connectivity index (χ0n) is 13.0. The fourth-order valence-corrected chi connectivity index (χ4v) is 2.90. The average Bonchev–Trinajstić information content (AvgIpc) is 2.47. The second kappa shape index (κ2) is 7.49. The number of amides is 2. The van der Waals surface area contributed by atoms with Gasteiger partial charge in [0.15, 0.2) is 0 Å². The maximum Gasteiger partial charge on any atom is 0.222 e. The Kier molecular flexibility index (Phi) is 5.66. The highest BCUT2D eigenvalue weighted by Gasteiger charge is 2.22. The van der Waals surface area contributed by atoms with Gasteiger partial charge in [0.2, 0.25) is 12.3 Å². The van der Waals surface area contributed by atoms with E-state index in [-0.39, 0.29) is 5.91 Å². The molecule has 1 aromatic rings. The molecule has 6 heteroatoms. The molecule has 22 heavy (non-hydrogen) atoms. The maximum absolute atomic E-state index is 12.1. The lowest BCUT2D eigenvalue weighted by Crippen LogP contribution is -2.49. The van der Waals surface area contributed by atoms with Crippen LogP contribution in [-0.2, 0) is 9.59 Å². The highest BCUT2D eigenvalue weighted by Crippen LogP contribution is 2.29. The van der Waals surface area contributed by atoms with E-state index in [0.717, 1.165) is 31.9 Å². The van der Waals surface area contributed by atoms with E-state index >= 15 is 0 Å². The average molecular weight is 324 g/mol. The van der Waals surface area contributed by atoms with Crippen LogP contribution in [0.2, 0.25) is 5.02 Å². The summed E-state index contributed by atoms with van der Waals surface area (Å²) in [7, 11) is 0. The maximum atomic E-state index is 12.1. The van der Waals surface area contributed by atoms with E-state index < -0.39 is 0 Å². The van der Waals surface area contributed by atoms with Gasteiger partial charge in [-0.05, 0) is 24.1 Å². The summed E-state index contributed by atoms with van der Waals surface area (Å²) in [4.78, 5) is 26.6. The number of benzene rings is 1. The molecule has 1 N–H and O–H groups in total. The van der Waals surface area contributed by atoms with Gasteiger partial charge >= 0.3 is 0 Å². The highest BCUT2D eigenvalue weighted by molar-refractivity contribution is 6.33. The van der Waals surface area contributed by atoms with Crippen LogP contribution in [0.15, 0.2) is 18.2 Å². The van der Waals surface area contributed by atoms with Crippen molar-refractivity contribution in [3.63, 3.8) is 0 Å². The molecular formula is C16H22ClN3O2. The SMILES string of the molecule is CC(C)CC(=O)N1CCN(c2ccc(NC=O)cc2Cl)CC1. The van der Waals surface area contributed by atoms with Gasteiger partial charge in [0, 0.05) is 38.3 Å². The van der Waals surface area contributed by atoms with Crippen molar-refractivity contribution in [3.05, 3.63) is 23.2 Å². The molecule has 1 fully saturated rings. The Morgan fingerprint density at radius 2 is 2.00 bits per heavy atom. The van der Waals surface area contributed by atoms with Crippen LogP contribution in [-0.4, -0.2) is 43.4 Å². The molecule has 2 rings (SSSR count). The number of rotatable bonds is 5. The van der Waals surface area contributed by atoms with E-state index in [1.54, 1.807) is 6.07 Å². The number of piperazine rings is 1. The largest absolute Gasteiger partial charge is 0.367 e. The standard InChI is InChI=1S/C16H22ClN3O2/c1-12(2)9-16(22)20-7-5-19(6-8-20)15-4-3-13(18-11-21)10-14(15)17/h3-4,10-12H,5-9H2,1-2H3,(H,18,21). The molecule has 2 amide bonds. The molecule has 1 aliphatic heterocycles. The summed E-state index contributed by atoms with van der Waals surface area (Å²) in [5, 5.41) is 3.19. The molecule has 0 saturated carbocycles. The Bertz CT molecular complexity index is 540. The van der Waals surface area contributed by atoms with Crippen molar-refractivity contribution in [3.8, 4) is 0 Å². The number of nitrogens with one attached hydrogen (secondary N) is 1. The van der Waals surface area contributed by atoms with E-state index in [4.69, 9.17) is 11.6 Å². The van der Waals surface area contributed by atoms with Crippen LogP contribution in [0.4, 0.5) is 11.4 Å². The lowest BCUT2D eigenvalue weighted by molar-refractivity contribution is -0.132. The van der Waals surface area contributed by atoms with E-state index in [2.05, 4.69) is 24.1 Å². The molecule has 0 radical (unpaired) electrons. The van der Waals surface area contributed by atoms with E-state index in [0.29, 0.717) is 29.5 Å². The lowest BCUT2D eigenvalue weighted by atomic mass is 10.1. The smallest absolute Gasteiger partial charge is 0.222 e. The van der Waals surface area contributed by atoms with E-state index in [1.165, 1.54) is 0 Å². The highest BCUT2D eigenvalue weighted by atomic mass is 35.5. The van der Waals surface area contributed by atoms with Crippen molar-refractivity contribution in [2.24, 2.45) is 5.92 Å². The molecule has 0 spiro atoms. The Labute approximate surface area is 136 Å². The number of anilines is 2. The summed E-state index contributed by atoms with van der Waals surface area (Å²) < 4.78 is 0. The van der Waals surface area contributed by atoms with Gasteiger partial charge < -0.3 is 15.1 Å². The van der Waals surface area contributed by atoms with Crippen molar-refractivity contribution in [1.29, 1.82) is 0 Å². The van der Waals surface area contributed by atoms with Crippen molar-refractivity contribution in [1.82, 2.24) is 4.90 Å². The zero-order valence-corrected chi connectivity index (χ0v) is 13.8. The summed E-state index contributed by atoms with van der Waals surface area (Å²) in [5.74, 6) is 0.615. The molecule has 120 valence electrons. The zero-order chi connectivity index (χ0) is 16.1. The number of carbonyl (C=O) groups excluding carboxylic acids is 2. The quantitative estimate of drug-likeness (QED) is 0.847. The number of hydrogen-bond donors (Lipinski definition) is 1. The first-order valence-corrected chi connectivity index (χ1v) is 7.91. The molecule has 0 atom stereocenters. The van der Waals surface area contributed by atoms with Crippen LogP contribution in [0, 0.1) is 5.92 Å². The molecule has 0 unspecified atom stereocenters. The molecule has 1 aromatic carbocycles. The molecule has 1 saturated heterocycles. The molecule has 0 bridgehead atoms. The Balaban J connectivity index is 1.97. The van der Waals surface area contributed by atoms with Gasteiger partial charge in [0.05, 0.1) is 10.7 Å². The van der Waals surface area contributed by atoms with Gasteiger partial charge in [0.25, 0.3) is 0 Å². The van der Waals surface area contributed by atoms with Crippen LogP contribution in [0.5, 0.6) is 0 Å². The first kappa shape index (κ1) is 16.6. The predicted octanol–water partition coefficient (Wildman–Crippen LogP) is 2.60. The van der Waals surface area contributed by atoms with Gasteiger partial charge in [-0.25, -0.2) is 0 Å². The van der Waals surface area contributed by atoms with Crippen molar-refractivity contribution < 1.29 is 9.59 Å². The second-order valence-corrected chi connectivity index (χ2v) is 6.30. The van der Waals surface area contributed by atoms with Gasteiger partial charge in [-0.3, -0.25) is 9.59 Å². The lowest BCUT2D eigenvalue weighted by Gasteiger charge is -2.36. The molecule has 1 aliphatic rings. The van der Waals surface area contributed by atoms with Crippen LogP contribution < -0.4 is 10.2 Å². The summed E-state index contributed by atoms with van der Waals surface area (Å²) in [6.45, 7) is 7.09. The molecule has 0 aliphatic carbocycles. The number of halogens is 1. The first-order valence-electron chi connectivity index (χ1n) is 7.53. The predicted molar refractivity (Wildman–Crippen MR) is 89.4 cm³/mol. The van der Waals surface area contributed by atoms with Crippen LogP contribution >= 0.6 is 11.6 Å². The summed E-state index contributed by atoms with van der Waals surface area (Å²) in [6, 6.07) is 5.47. The van der Waals surface area contributed by atoms with Crippen LogP contribution in [0.25, 0.3) is 0 Å². The van der Waals surface area contributed by atoms with Gasteiger partial charge in [-0.1, -0.05) is 25.4 Å². The van der Waals surface area contributed by atoms with Crippen molar-refractivity contribution in [2.75, 3.05) is 36.4 Å². The molecule has 5 nitrogen and oxygen atoms in total. The third-order valence-electron chi connectivity index (χ3n) is 3.73. The fraction of sp³-hybridized carbons (Fsp3) is 0.500. The monoisotopic (exact) mass is 323 g/mol. The summed E-state index contributed by atoms with van der Waals surface area (Å²) >= 11 is 6.29. The van der Waals surface area contributed by atoms with Crippen LogP contribution in [0.3, 0.4) is 0 Å². The molecule has 0 aromatic heterocycles.